The molecule has 14 heavy (non-hydrogen) atoms. The van der Waals surface area contributed by atoms with Crippen molar-refractivity contribution in [3.8, 4) is 0 Å². The van der Waals surface area contributed by atoms with Crippen LogP contribution in [0.15, 0.2) is 22.9 Å². The lowest BCUT2D eigenvalue weighted by atomic mass is 10.3. The molecule has 0 aromatic carbocycles. The molecule has 0 bridgehead atoms. The van der Waals surface area contributed by atoms with E-state index in [1.165, 1.54) is 5.69 Å². The summed E-state index contributed by atoms with van der Waals surface area (Å²) in [5.74, 6) is 0. The van der Waals surface area contributed by atoms with Crippen LogP contribution in [0.5, 0.6) is 0 Å². The highest BCUT2D eigenvalue weighted by atomic mass is 79.9. The highest BCUT2D eigenvalue weighted by Gasteiger charge is 2.03. The predicted octanol–water partition coefficient (Wildman–Crippen LogP) is 1.89. The van der Waals surface area contributed by atoms with Crippen LogP contribution in [0.3, 0.4) is 0 Å². The molecular weight excluding hydrogens is 242 g/mol. The van der Waals surface area contributed by atoms with Gasteiger partial charge in [-0.3, -0.25) is 4.98 Å². The Morgan fingerprint density at radius 2 is 2.36 bits per heavy atom. The zero-order valence-electron chi connectivity index (χ0n) is 8.63. The Kier molecular flexibility index (Phi) is 4.90. The van der Waals surface area contributed by atoms with Gasteiger partial charge < -0.3 is 10.2 Å². The third-order valence-electron chi connectivity index (χ3n) is 2.08. The van der Waals surface area contributed by atoms with E-state index >= 15 is 0 Å². The van der Waals surface area contributed by atoms with Crippen molar-refractivity contribution in [1.29, 1.82) is 0 Å². The van der Waals surface area contributed by atoms with Gasteiger partial charge in [0.15, 0.2) is 0 Å². The van der Waals surface area contributed by atoms with Crippen molar-refractivity contribution in [3.63, 3.8) is 0 Å². The SMILES string of the molecule is CNCCCN(C)c1ccncc1Br. The van der Waals surface area contributed by atoms with Crippen molar-refractivity contribution in [2.24, 2.45) is 0 Å². The zero-order valence-corrected chi connectivity index (χ0v) is 10.2. The number of anilines is 1. The molecule has 0 saturated carbocycles. The van der Waals surface area contributed by atoms with Gasteiger partial charge in [-0.25, -0.2) is 0 Å². The molecule has 0 atom stereocenters. The van der Waals surface area contributed by atoms with Crippen LogP contribution < -0.4 is 10.2 Å². The largest absolute Gasteiger partial charge is 0.374 e. The molecule has 0 aliphatic carbocycles. The Morgan fingerprint density at radius 1 is 1.57 bits per heavy atom. The molecule has 1 rings (SSSR count). The molecule has 0 spiro atoms. The van der Waals surface area contributed by atoms with E-state index in [1.807, 2.05) is 25.5 Å². The first-order chi connectivity index (χ1) is 6.75. The van der Waals surface area contributed by atoms with Gasteiger partial charge in [0.05, 0.1) is 10.2 Å². The summed E-state index contributed by atoms with van der Waals surface area (Å²) in [7, 11) is 4.07. The smallest absolute Gasteiger partial charge is 0.0592 e. The van der Waals surface area contributed by atoms with Crippen LogP contribution in [0.4, 0.5) is 5.69 Å². The van der Waals surface area contributed by atoms with Gasteiger partial charge in [0, 0.05) is 26.0 Å². The van der Waals surface area contributed by atoms with Gasteiger partial charge in [0.1, 0.15) is 0 Å². The highest BCUT2D eigenvalue weighted by Crippen LogP contribution is 2.23. The fourth-order valence-corrected chi connectivity index (χ4v) is 1.84. The van der Waals surface area contributed by atoms with E-state index in [0.29, 0.717) is 0 Å². The molecule has 3 nitrogen and oxygen atoms in total. The third kappa shape index (κ3) is 3.27. The molecule has 0 aliphatic rings. The minimum atomic E-state index is 1.05. The molecule has 0 aliphatic heterocycles. The number of halogens is 1. The fraction of sp³-hybridized carbons (Fsp3) is 0.500. The maximum absolute atomic E-state index is 4.04. The summed E-state index contributed by atoms with van der Waals surface area (Å²) in [4.78, 5) is 6.26. The van der Waals surface area contributed by atoms with E-state index in [4.69, 9.17) is 0 Å². The Labute approximate surface area is 93.7 Å². The van der Waals surface area contributed by atoms with E-state index in [2.05, 4.69) is 38.2 Å². The number of aromatic nitrogens is 1. The first-order valence-corrected chi connectivity index (χ1v) is 5.50. The minimum absolute atomic E-state index is 1.05. The van der Waals surface area contributed by atoms with Gasteiger partial charge in [0.2, 0.25) is 0 Å². The summed E-state index contributed by atoms with van der Waals surface area (Å²) in [6, 6.07) is 2.02. The Hall–Kier alpha value is -0.610. The molecule has 0 unspecified atom stereocenters. The number of rotatable bonds is 5. The van der Waals surface area contributed by atoms with Gasteiger partial charge in [-0.2, -0.15) is 0 Å². The van der Waals surface area contributed by atoms with Crippen molar-refractivity contribution in [3.05, 3.63) is 22.9 Å². The van der Waals surface area contributed by atoms with E-state index in [9.17, 15) is 0 Å². The predicted molar refractivity (Wildman–Crippen MR) is 63.8 cm³/mol. The summed E-state index contributed by atoms with van der Waals surface area (Å²) in [5, 5.41) is 3.14. The molecule has 1 heterocycles. The van der Waals surface area contributed by atoms with Crippen LogP contribution in [-0.4, -0.2) is 32.2 Å². The summed E-state index contributed by atoms with van der Waals surface area (Å²) >= 11 is 3.49. The van der Waals surface area contributed by atoms with Crippen LogP contribution in [0.2, 0.25) is 0 Å². The second-order valence-electron chi connectivity index (χ2n) is 3.21. The number of nitrogens with zero attached hydrogens (tertiary/aromatic N) is 2. The fourth-order valence-electron chi connectivity index (χ4n) is 1.29. The maximum Gasteiger partial charge on any atom is 0.0592 e. The summed E-state index contributed by atoms with van der Waals surface area (Å²) in [5.41, 5.74) is 1.19. The lowest BCUT2D eigenvalue weighted by molar-refractivity contribution is 0.712. The minimum Gasteiger partial charge on any atom is -0.374 e. The van der Waals surface area contributed by atoms with Crippen molar-refractivity contribution in [1.82, 2.24) is 10.3 Å². The summed E-state index contributed by atoms with van der Waals surface area (Å²) < 4.78 is 1.05. The van der Waals surface area contributed by atoms with Crippen LogP contribution in [0.1, 0.15) is 6.42 Å². The highest BCUT2D eigenvalue weighted by molar-refractivity contribution is 9.10. The maximum atomic E-state index is 4.04. The van der Waals surface area contributed by atoms with E-state index in [1.54, 1.807) is 0 Å². The molecule has 78 valence electrons. The molecule has 0 amide bonds. The summed E-state index contributed by atoms with van der Waals surface area (Å²) in [6.07, 6.45) is 4.78. The van der Waals surface area contributed by atoms with Crippen LogP contribution >= 0.6 is 15.9 Å². The molecule has 1 N–H and O–H groups in total. The second-order valence-corrected chi connectivity index (χ2v) is 4.06. The molecule has 0 saturated heterocycles. The average molecular weight is 258 g/mol. The topological polar surface area (TPSA) is 28.2 Å². The third-order valence-corrected chi connectivity index (χ3v) is 2.69. The monoisotopic (exact) mass is 257 g/mol. The van der Waals surface area contributed by atoms with Gasteiger partial charge in [-0.15, -0.1) is 0 Å². The standard InChI is InChI=1S/C10H16BrN3/c1-12-5-3-7-14(2)10-4-6-13-8-9(10)11/h4,6,8,12H,3,5,7H2,1-2H3. The first-order valence-electron chi connectivity index (χ1n) is 4.71. The Bertz CT molecular complexity index is 278. The van der Waals surface area contributed by atoms with Gasteiger partial charge >= 0.3 is 0 Å². The second kappa shape index (κ2) is 5.98. The number of pyridine rings is 1. The van der Waals surface area contributed by atoms with Gasteiger partial charge in [0.25, 0.3) is 0 Å². The molecule has 0 radical (unpaired) electrons. The lowest BCUT2D eigenvalue weighted by Crippen LogP contribution is -2.22. The number of hydrogen-bond acceptors (Lipinski definition) is 3. The normalized spacial score (nSPS) is 10.2. The Morgan fingerprint density at radius 3 is 3.00 bits per heavy atom. The molecule has 1 aromatic rings. The summed E-state index contributed by atoms with van der Waals surface area (Å²) in [6.45, 7) is 2.09. The first kappa shape index (κ1) is 11.5. The van der Waals surface area contributed by atoms with Crippen molar-refractivity contribution >= 4 is 21.6 Å². The number of nitrogens with one attached hydrogen (secondary N) is 1. The number of hydrogen-bond donors (Lipinski definition) is 1. The van der Waals surface area contributed by atoms with E-state index in [0.717, 1.165) is 24.0 Å². The molecular formula is C10H16BrN3. The average Bonchev–Trinajstić information content (AvgIpc) is 2.18. The lowest BCUT2D eigenvalue weighted by Gasteiger charge is -2.20. The zero-order chi connectivity index (χ0) is 10.4. The van der Waals surface area contributed by atoms with Crippen LogP contribution in [0, 0.1) is 0 Å². The molecule has 4 heteroatoms. The van der Waals surface area contributed by atoms with Crippen molar-refractivity contribution in [2.75, 3.05) is 32.1 Å². The Balaban J connectivity index is 2.51. The van der Waals surface area contributed by atoms with Crippen LogP contribution in [0.25, 0.3) is 0 Å². The van der Waals surface area contributed by atoms with E-state index < -0.39 is 0 Å². The van der Waals surface area contributed by atoms with E-state index in [-0.39, 0.29) is 0 Å². The van der Waals surface area contributed by atoms with Crippen LogP contribution in [-0.2, 0) is 0 Å². The van der Waals surface area contributed by atoms with Gasteiger partial charge in [-0.05, 0) is 42.0 Å². The van der Waals surface area contributed by atoms with Gasteiger partial charge in [-0.1, -0.05) is 0 Å². The quantitative estimate of drug-likeness (QED) is 0.817. The molecule has 1 aromatic heterocycles. The molecule has 0 fully saturated rings. The van der Waals surface area contributed by atoms with Crippen molar-refractivity contribution < 1.29 is 0 Å². The van der Waals surface area contributed by atoms with Crippen molar-refractivity contribution in [2.45, 2.75) is 6.42 Å².